The van der Waals surface area contributed by atoms with Crippen LogP contribution in [-0.2, 0) is 12.8 Å². The van der Waals surface area contributed by atoms with E-state index in [0.29, 0.717) is 6.42 Å². The van der Waals surface area contributed by atoms with Crippen molar-refractivity contribution in [2.45, 2.75) is 18.9 Å². The molecule has 0 aliphatic rings. The van der Waals surface area contributed by atoms with Gasteiger partial charge in [0, 0.05) is 10.5 Å². The Kier molecular flexibility index (Phi) is 5.11. The van der Waals surface area contributed by atoms with Gasteiger partial charge in [-0.3, -0.25) is 0 Å². The maximum absolute atomic E-state index is 13.8. The van der Waals surface area contributed by atoms with Gasteiger partial charge in [0.2, 0.25) is 0 Å². The molecule has 1 unspecified atom stereocenters. The molecule has 0 fully saturated rings. The molecule has 0 amide bonds. The SMILES string of the molecule is CNC(Cc1ccccc1)Cc1ccc(Br)cc1F. The van der Waals surface area contributed by atoms with Crippen molar-refractivity contribution in [2.75, 3.05) is 7.05 Å². The Morgan fingerprint density at radius 1 is 1.11 bits per heavy atom. The van der Waals surface area contributed by atoms with Crippen LogP contribution in [0, 0.1) is 5.82 Å². The zero-order chi connectivity index (χ0) is 13.7. The average molecular weight is 322 g/mol. The van der Waals surface area contributed by atoms with E-state index >= 15 is 0 Å². The normalized spacial score (nSPS) is 12.4. The number of hydrogen-bond donors (Lipinski definition) is 1. The maximum atomic E-state index is 13.8. The molecule has 1 nitrogen and oxygen atoms in total. The minimum Gasteiger partial charge on any atom is -0.316 e. The van der Waals surface area contributed by atoms with Gasteiger partial charge in [0.25, 0.3) is 0 Å². The Balaban J connectivity index is 2.06. The minimum absolute atomic E-state index is 0.150. The second-order valence-corrected chi connectivity index (χ2v) is 5.53. The molecule has 2 aromatic rings. The number of likely N-dealkylation sites (N-methyl/N-ethyl adjacent to an activating group) is 1. The van der Waals surface area contributed by atoms with Crippen LogP contribution in [0.1, 0.15) is 11.1 Å². The van der Waals surface area contributed by atoms with Gasteiger partial charge in [0.05, 0.1) is 0 Å². The molecule has 1 N–H and O–H groups in total. The first-order chi connectivity index (χ1) is 9.19. The summed E-state index contributed by atoms with van der Waals surface area (Å²) in [5.41, 5.74) is 2.01. The molecule has 0 heterocycles. The summed E-state index contributed by atoms with van der Waals surface area (Å²) in [4.78, 5) is 0. The largest absolute Gasteiger partial charge is 0.316 e. The molecular weight excluding hydrogens is 305 g/mol. The van der Waals surface area contributed by atoms with Gasteiger partial charge < -0.3 is 5.32 Å². The second kappa shape index (κ2) is 6.83. The summed E-state index contributed by atoms with van der Waals surface area (Å²) in [7, 11) is 1.92. The quantitative estimate of drug-likeness (QED) is 0.878. The first-order valence-electron chi connectivity index (χ1n) is 6.34. The first-order valence-corrected chi connectivity index (χ1v) is 7.13. The lowest BCUT2D eigenvalue weighted by atomic mass is 9.99. The summed E-state index contributed by atoms with van der Waals surface area (Å²) in [6, 6.07) is 15.7. The molecule has 2 rings (SSSR count). The van der Waals surface area contributed by atoms with Crippen LogP contribution in [0.2, 0.25) is 0 Å². The van der Waals surface area contributed by atoms with Crippen LogP contribution in [0.4, 0.5) is 4.39 Å². The van der Waals surface area contributed by atoms with Gasteiger partial charge in [-0.1, -0.05) is 52.3 Å². The van der Waals surface area contributed by atoms with Crippen LogP contribution in [-0.4, -0.2) is 13.1 Å². The molecule has 3 heteroatoms. The predicted octanol–water partition coefficient (Wildman–Crippen LogP) is 3.96. The predicted molar refractivity (Wildman–Crippen MR) is 80.8 cm³/mol. The second-order valence-electron chi connectivity index (χ2n) is 4.62. The zero-order valence-electron chi connectivity index (χ0n) is 10.9. The molecule has 0 aliphatic heterocycles. The fraction of sp³-hybridized carbons (Fsp3) is 0.250. The van der Waals surface area contributed by atoms with Crippen molar-refractivity contribution in [3.63, 3.8) is 0 Å². The third-order valence-corrected chi connectivity index (χ3v) is 3.71. The third kappa shape index (κ3) is 4.15. The number of nitrogens with one attached hydrogen (secondary N) is 1. The smallest absolute Gasteiger partial charge is 0.127 e. The van der Waals surface area contributed by atoms with Crippen molar-refractivity contribution in [1.82, 2.24) is 5.32 Å². The molecule has 0 aromatic heterocycles. The highest BCUT2D eigenvalue weighted by Crippen LogP contribution is 2.17. The number of benzene rings is 2. The van der Waals surface area contributed by atoms with Gasteiger partial charge in [-0.15, -0.1) is 0 Å². The van der Waals surface area contributed by atoms with Crippen molar-refractivity contribution in [3.8, 4) is 0 Å². The Morgan fingerprint density at radius 3 is 2.47 bits per heavy atom. The van der Waals surface area contributed by atoms with Crippen LogP contribution < -0.4 is 5.32 Å². The highest BCUT2D eigenvalue weighted by Gasteiger charge is 2.11. The van der Waals surface area contributed by atoms with Gasteiger partial charge in [-0.2, -0.15) is 0 Å². The Hall–Kier alpha value is -1.19. The molecule has 100 valence electrons. The first kappa shape index (κ1) is 14.2. The Morgan fingerprint density at radius 2 is 1.84 bits per heavy atom. The summed E-state index contributed by atoms with van der Waals surface area (Å²) in [6.07, 6.45) is 1.58. The van der Waals surface area contributed by atoms with Gasteiger partial charge in [0.15, 0.2) is 0 Å². The highest BCUT2D eigenvalue weighted by atomic mass is 79.9. The molecule has 0 aliphatic carbocycles. The van der Waals surface area contributed by atoms with E-state index in [2.05, 4.69) is 33.4 Å². The van der Waals surface area contributed by atoms with E-state index in [9.17, 15) is 4.39 Å². The summed E-state index contributed by atoms with van der Waals surface area (Å²) in [5.74, 6) is -0.150. The van der Waals surface area contributed by atoms with Gasteiger partial charge in [-0.05, 0) is 43.1 Å². The van der Waals surface area contributed by atoms with E-state index in [1.54, 1.807) is 0 Å². The average Bonchev–Trinajstić information content (AvgIpc) is 2.42. The fourth-order valence-corrected chi connectivity index (χ4v) is 2.46. The highest BCUT2D eigenvalue weighted by molar-refractivity contribution is 9.10. The Labute approximate surface area is 122 Å². The number of rotatable bonds is 5. The summed E-state index contributed by atoms with van der Waals surface area (Å²) >= 11 is 3.28. The number of hydrogen-bond acceptors (Lipinski definition) is 1. The lowest BCUT2D eigenvalue weighted by Gasteiger charge is -2.17. The fourth-order valence-electron chi connectivity index (χ4n) is 2.13. The van der Waals surface area contributed by atoms with Gasteiger partial charge >= 0.3 is 0 Å². The molecule has 0 spiro atoms. The van der Waals surface area contributed by atoms with Crippen LogP contribution in [0.15, 0.2) is 53.0 Å². The maximum Gasteiger partial charge on any atom is 0.127 e. The molecular formula is C16H17BrFN. The van der Waals surface area contributed by atoms with E-state index in [1.807, 2.05) is 37.4 Å². The van der Waals surface area contributed by atoms with E-state index in [1.165, 1.54) is 11.6 Å². The molecule has 19 heavy (non-hydrogen) atoms. The summed E-state index contributed by atoms with van der Waals surface area (Å²) in [5, 5.41) is 3.26. The van der Waals surface area contributed by atoms with Crippen molar-refractivity contribution in [3.05, 3.63) is 69.9 Å². The van der Waals surface area contributed by atoms with Crippen LogP contribution in [0.3, 0.4) is 0 Å². The molecule has 0 radical (unpaired) electrons. The molecule has 1 atom stereocenters. The van der Waals surface area contributed by atoms with E-state index < -0.39 is 0 Å². The van der Waals surface area contributed by atoms with Crippen molar-refractivity contribution in [1.29, 1.82) is 0 Å². The summed E-state index contributed by atoms with van der Waals surface area (Å²) in [6.45, 7) is 0. The Bertz CT molecular complexity index is 528. The van der Waals surface area contributed by atoms with E-state index in [0.717, 1.165) is 16.5 Å². The third-order valence-electron chi connectivity index (χ3n) is 3.21. The standard InChI is InChI=1S/C16H17BrFN/c1-19-15(9-12-5-3-2-4-6-12)10-13-7-8-14(17)11-16(13)18/h2-8,11,15,19H,9-10H2,1H3. The number of halogens is 2. The van der Waals surface area contributed by atoms with Gasteiger partial charge in [0.1, 0.15) is 5.82 Å². The minimum atomic E-state index is -0.150. The van der Waals surface area contributed by atoms with Gasteiger partial charge in [-0.25, -0.2) is 4.39 Å². The molecule has 2 aromatic carbocycles. The van der Waals surface area contributed by atoms with E-state index in [-0.39, 0.29) is 11.9 Å². The molecule has 0 saturated heterocycles. The topological polar surface area (TPSA) is 12.0 Å². The monoisotopic (exact) mass is 321 g/mol. The van der Waals surface area contributed by atoms with E-state index in [4.69, 9.17) is 0 Å². The van der Waals surface area contributed by atoms with Crippen LogP contribution in [0.25, 0.3) is 0 Å². The summed E-state index contributed by atoms with van der Waals surface area (Å²) < 4.78 is 14.6. The molecule has 0 saturated carbocycles. The van der Waals surface area contributed by atoms with Crippen molar-refractivity contribution < 1.29 is 4.39 Å². The molecule has 0 bridgehead atoms. The van der Waals surface area contributed by atoms with Crippen molar-refractivity contribution in [2.24, 2.45) is 0 Å². The lowest BCUT2D eigenvalue weighted by molar-refractivity contribution is 0.532. The zero-order valence-corrected chi connectivity index (χ0v) is 12.5. The van der Waals surface area contributed by atoms with Crippen LogP contribution in [0.5, 0.6) is 0 Å². The van der Waals surface area contributed by atoms with Crippen LogP contribution >= 0.6 is 15.9 Å². The van der Waals surface area contributed by atoms with Crippen molar-refractivity contribution >= 4 is 15.9 Å². The lowest BCUT2D eigenvalue weighted by Crippen LogP contribution is -2.30.